The van der Waals surface area contributed by atoms with E-state index in [4.69, 9.17) is 4.74 Å². The largest absolute Gasteiger partial charge is 0.497 e. The van der Waals surface area contributed by atoms with Gasteiger partial charge in [-0.05, 0) is 23.8 Å². The number of benzene rings is 2. The van der Waals surface area contributed by atoms with E-state index in [1.165, 1.54) is 13.2 Å². The zero-order chi connectivity index (χ0) is 14.0. The molecular formula is C14H10Br3FO. The fourth-order valence-corrected chi connectivity index (χ4v) is 4.07. The highest BCUT2D eigenvalue weighted by Gasteiger charge is 2.17. The van der Waals surface area contributed by atoms with Crippen LogP contribution in [0.1, 0.15) is 16.0 Å². The van der Waals surface area contributed by atoms with Crippen molar-refractivity contribution < 1.29 is 9.13 Å². The molecule has 1 atom stereocenters. The molecule has 5 heteroatoms. The zero-order valence-electron chi connectivity index (χ0n) is 9.96. The summed E-state index contributed by atoms with van der Waals surface area (Å²) in [6.07, 6.45) is 0. The second-order valence-corrected chi connectivity index (χ2v) is 6.60. The first kappa shape index (κ1) is 15.0. The summed E-state index contributed by atoms with van der Waals surface area (Å²) in [6, 6.07) is 10.7. The van der Waals surface area contributed by atoms with Gasteiger partial charge in [-0.2, -0.15) is 0 Å². The molecule has 0 saturated carbocycles. The Labute approximate surface area is 136 Å². The van der Waals surface area contributed by atoms with E-state index in [0.29, 0.717) is 11.3 Å². The second kappa shape index (κ2) is 6.37. The molecule has 0 aromatic heterocycles. The number of hydrogen-bond donors (Lipinski definition) is 0. The molecule has 1 nitrogen and oxygen atoms in total. The van der Waals surface area contributed by atoms with Crippen molar-refractivity contribution >= 4 is 47.8 Å². The molecule has 100 valence electrons. The summed E-state index contributed by atoms with van der Waals surface area (Å²) in [7, 11) is 1.52. The Hall–Kier alpha value is -0.390. The molecule has 0 saturated heterocycles. The first-order valence-corrected chi connectivity index (χ1v) is 7.95. The Kier molecular flexibility index (Phi) is 5.03. The van der Waals surface area contributed by atoms with Crippen molar-refractivity contribution in [1.82, 2.24) is 0 Å². The molecule has 0 aliphatic carbocycles. The molecule has 2 aromatic carbocycles. The molecule has 1 unspecified atom stereocenters. The number of methoxy groups -OCH3 is 1. The number of halogens is 4. The molecule has 19 heavy (non-hydrogen) atoms. The summed E-state index contributed by atoms with van der Waals surface area (Å²) >= 11 is 10.4. The Morgan fingerprint density at radius 1 is 1.05 bits per heavy atom. The van der Waals surface area contributed by atoms with E-state index >= 15 is 0 Å². The molecule has 0 spiro atoms. The lowest BCUT2D eigenvalue weighted by atomic mass is 10.0. The van der Waals surface area contributed by atoms with Crippen LogP contribution in [0.25, 0.3) is 0 Å². The fraction of sp³-hybridized carbons (Fsp3) is 0.143. The third-order valence-electron chi connectivity index (χ3n) is 2.72. The quantitative estimate of drug-likeness (QED) is 0.531. The van der Waals surface area contributed by atoms with E-state index in [2.05, 4.69) is 47.8 Å². The van der Waals surface area contributed by atoms with Crippen LogP contribution in [0.3, 0.4) is 0 Å². The van der Waals surface area contributed by atoms with Gasteiger partial charge in [0.2, 0.25) is 0 Å². The van der Waals surface area contributed by atoms with Gasteiger partial charge in [0.1, 0.15) is 11.6 Å². The van der Waals surface area contributed by atoms with Gasteiger partial charge in [-0.15, -0.1) is 0 Å². The van der Waals surface area contributed by atoms with Gasteiger partial charge in [0.15, 0.2) is 0 Å². The second-order valence-electron chi connectivity index (χ2n) is 3.92. The minimum absolute atomic E-state index is 0.221. The predicted octanol–water partition coefficient (Wildman–Crippen LogP) is 5.84. The summed E-state index contributed by atoms with van der Waals surface area (Å²) in [6.45, 7) is 0. The van der Waals surface area contributed by atoms with Gasteiger partial charge in [-0.3, -0.25) is 0 Å². The van der Waals surface area contributed by atoms with Gasteiger partial charge in [0.05, 0.1) is 11.9 Å². The van der Waals surface area contributed by atoms with Crippen molar-refractivity contribution in [3.05, 3.63) is 62.3 Å². The van der Waals surface area contributed by atoms with Crippen LogP contribution < -0.4 is 4.74 Å². The number of ether oxygens (including phenoxy) is 1. The van der Waals surface area contributed by atoms with E-state index in [1.54, 1.807) is 12.1 Å². The van der Waals surface area contributed by atoms with Crippen LogP contribution in [0.2, 0.25) is 0 Å². The van der Waals surface area contributed by atoms with E-state index < -0.39 is 0 Å². The highest BCUT2D eigenvalue weighted by molar-refractivity contribution is 9.11. The number of rotatable bonds is 3. The molecule has 0 bridgehead atoms. The molecule has 0 aliphatic heterocycles. The van der Waals surface area contributed by atoms with Crippen LogP contribution in [-0.2, 0) is 0 Å². The van der Waals surface area contributed by atoms with Crippen LogP contribution in [-0.4, -0.2) is 7.11 Å². The fourth-order valence-electron chi connectivity index (χ4n) is 1.71. The molecule has 0 heterocycles. The molecule has 0 fully saturated rings. The van der Waals surface area contributed by atoms with Crippen molar-refractivity contribution in [2.75, 3.05) is 7.11 Å². The average Bonchev–Trinajstić information content (AvgIpc) is 2.37. The molecule has 0 aliphatic rings. The molecule has 0 radical (unpaired) electrons. The number of alkyl halides is 1. The standard InChI is InChI=1S/C14H10Br3FO/c1-19-9-3-5-11(13(18)7-9)14(17)10-4-2-8(15)6-12(10)16/h2-7,14H,1H3. The Bertz CT molecular complexity index is 601. The lowest BCUT2D eigenvalue weighted by Crippen LogP contribution is -1.98. The van der Waals surface area contributed by atoms with E-state index in [0.717, 1.165) is 14.5 Å². The SMILES string of the molecule is COc1ccc(C(Br)c2ccc(Br)cc2Br)c(F)c1. The predicted molar refractivity (Wildman–Crippen MR) is 85.6 cm³/mol. The zero-order valence-corrected chi connectivity index (χ0v) is 14.7. The maximum Gasteiger partial charge on any atom is 0.131 e. The number of hydrogen-bond acceptors (Lipinski definition) is 1. The normalized spacial score (nSPS) is 12.3. The summed E-state index contributed by atoms with van der Waals surface area (Å²) in [5.41, 5.74) is 1.54. The summed E-state index contributed by atoms with van der Waals surface area (Å²) in [4.78, 5) is -0.221. The van der Waals surface area contributed by atoms with Gasteiger partial charge in [0.25, 0.3) is 0 Å². The van der Waals surface area contributed by atoms with Crippen molar-refractivity contribution in [2.24, 2.45) is 0 Å². The first-order chi connectivity index (χ1) is 9.02. The Morgan fingerprint density at radius 2 is 1.74 bits per heavy atom. The average molecular weight is 453 g/mol. The van der Waals surface area contributed by atoms with Crippen molar-refractivity contribution in [3.8, 4) is 5.75 Å². The van der Waals surface area contributed by atoms with Gasteiger partial charge >= 0.3 is 0 Å². The van der Waals surface area contributed by atoms with Crippen molar-refractivity contribution in [2.45, 2.75) is 4.83 Å². The van der Waals surface area contributed by atoms with Crippen LogP contribution >= 0.6 is 47.8 Å². The smallest absolute Gasteiger partial charge is 0.131 e. The monoisotopic (exact) mass is 450 g/mol. The molecule has 2 rings (SSSR count). The summed E-state index contributed by atoms with van der Waals surface area (Å²) in [5, 5.41) is 0. The van der Waals surface area contributed by atoms with E-state index in [-0.39, 0.29) is 10.6 Å². The van der Waals surface area contributed by atoms with Crippen LogP contribution in [0.4, 0.5) is 4.39 Å². The summed E-state index contributed by atoms with van der Waals surface area (Å²) < 4.78 is 20.9. The van der Waals surface area contributed by atoms with E-state index in [9.17, 15) is 4.39 Å². The highest BCUT2D eigenvalue weighted by Crippen LogP contribution is 2.38. The molecule has 0 amide bonds. The third kappa shape index (κ3) is 3.38. The molecule has 2 aromatic rings. The topological polar surface area (TPSA) is 9.23 Å². The minimum atomic E-state index is -0.295. The van der Waals surface area contributed by atoms with Crippen LogP contribution in [0, 0.1) is 5.82 Å². The molecular weight excluding hydrogens is 443 g/mol. The third-order valence-corrected chi connectivity index (χ3v) is 4.88. The lowest BCUT2D eigenvalue weighted by Gasteiger charge is -2.14. The van der Waals surface area contributed by atoms with Gasteiger partial charge in [-0.1, -0.05) is 59.9 Å². The van der Waals surface area contributed by atoms with Crippen LogP contribution in [0.5, 0.6) is 5.75 Å². The summed E-state index contributed by atoms with van der Waals surface area (Å²) in [5.74, 6) is 0.215. The van der Waals surface area contributed by atoms with Crippen molar-refractivity contribution in [1.29, 1.82) is 0 Å². The Morgan fingerprint density at radius 3 is 2.32 bits per heavy atom. The Balaban J connectivity index is 2.41. The lowest BCUT2D eigenvalue weighted by molar-refractivity contribution is 0.411. The van der Waals surface area contributed by atoms with Gasteiger partial charge < -0.3 is 4.74 Å². The first-order valence-electron chi connectivity index (χ1n) is 5.45. The minimum Gasteiger partial charge on any atom is -0.497 e. The van der Waals surface area contributed by atoms with Gasteiger partial charge in [0, 0.05) is 20.6 Å². The maximum absolute atomic E-state index is 14.0. The van der Waals surface area contributed by atoms with E-state index in [1.807, 2.05) is 18.2 Å². The molecule has 0 N–H and O–H groups in total. The maximum atomic E-state index is 14.0. The van der Waals surface area contributed by atoms with Gasteiger partial charge in [-0.25, -0.2) is 4.39 Å². The highest BCUT2D eigenvalue weighted by atomic mass is 79.9. The van der Waals surface area contributed by atoms with Crippen LogP contribution in [0.15, 0.2) is 45.3 Å². The van der Waals surface area contributed by atoms with Crippen molar-refractivity contribution in [3.63, 3.8) is 0 Å².